The molecule has 1 heterocycles. The maximum absolute atomic E-state index is 12.2. The van der Waals surface area contributed by atoms with E-state index in [9.17, 15) is 9.90 Å². The van der Waals surface area contributed by atoms with Crippen LogP contribution in [0.3, 0.4) is 0 Å². The van der Waals surface area contributed by atoms with Gasteiger partial charge in [0.15, 0.2) is 5.82 Å². The molecule has 2 N–H and O–H groups in total. The second-order valence-electron chi connectivity index (χ2n) is 5.34. The highest BCUT2D eigenvalue weighted by Gasteiger charge is 2.29. The number of rotatable bonds is 4. The molecule has 0 aromatic carbocycles. The molecule has 0 aliphatic heterocycles. The summed E-state index contributed by atoms with van der Waals surface area (Å²) in [4.78, 5) is 16.4. The zero-order chi connectivity index (χ0) is 12.5. The molecule has 2 saturated carbocycles. The lowest BCUT2D eigenvalue weighted by molar-refractivity contribution is 0.222. The summed E-state index contributed by atoms with van der Waals surface area (Å²) < 4.78 is 1.78. The van der Waals surface area contributed by atoms with E-state index >= 15 is 0 Å². The molecule has 0 bridgehead atoms. The second-order valence-corrected chi connectivity index (χ2v) is 5.34. The number of anilines is 1. The fourth-order valence-corrected chi connectivity index (χ4v) is 2.79. The van der Waals surface area contributed by atoms with Crippen molar-refractivity contribution < 1.29 is 5.11 Å². The predicted octanol–water partition coefficient (Wildman–Crippen LogP) is 1.15. The van der Waals surface area contributed by atoms with Crippen molar-refractivity contribution in [2.45, 2.75) is 44.2 Å². The van der Waals surface area contributed by atoms with Crippen LogP contribution in [-0.2, 0) is 0 Å². The van der Waals surface area contributed by atoms with Crippen LogP contribution in [0, 0.1) is 5.92 Å². The fraction of sp³-hybridized carbons (Fsp3) is 0.692. The molecular formula is C13H19N3O2. The number of hydrogen-bond acceptors (Lipinski definition) is 4. The number of hydrogen-bond donors (Lipinski definition) is 2. The first-order valence-electron chi connectivity index (χ1n) is 6.74. The van der Waals surface area contributed by atoms with Gasteiger partial charge in [-0.1, -0.05) is 6.42 Å². The van der Waals surface area contributed by atoms with Gasteiger partial charge >= 0.3 is 0 Å². The van der Waals surface area contributed by atoms with Crippen molar-refractivity contribution in [2.75, 3.05) is 11.9 Å². The molecule has 3 rings (SSSR count). The lowest BCUT2D eigenvalue weighted by Crippen LogP contribution is -2.32. The largest absolute Gasteiger partial charge is 0.396 e. The van der Waals surface area contributed by atoms with Gasteiger partial charge in [-0.3, -0.25) is 4.79 Å². The Bertz CT molecular complexity index is 481. The highest BCUT2D eigenvalue weighted by atomic mass is 16.3. The van der Waals surface area contributed by atoms with Crippen molar-refractivity contribution in [3.8, 4) is 0 Å². The zero-order valence-electron chi connectivity index (χ0n) is 10.4. The zero-order valence-corrected chi connectivity index (χ0v) is 10.4. The Balaban J connectivity index is 1.80. The van der Waals surface area contributed by atoms with Gasteiger partial charge in [-0.05, 0) is 25.7 Å². The Morgan fingerprint density at radius 3 is 2.94 bits per heavy atom. The summed E-state index contributed by atoms with van der Waals surface area (Å²) >= 11 is 0. The van der Waals surface area contributed by atoms with E-state index in [-0.39, 0.29) is 24.1 Å². The quantitative estimate of drug-likeness (QED) is 0.840. The van der Waals surface area contributed by atoms with E-state index in [0.717, 1.165) is 32.1 Å². The van der Waals surface area contributed by atoms with Crippen molar-refractivity contribution in [2.24, 2.45) is 5.92 Å². The molecule has 2 fully saturated rings. The Hall–Kier alpha value is -1.36. The number of aromatic nitrogens is 2. The highest BCUT2D eigenvalue weighted by Crippen LogP contribution is 2.33. The van der Waals surface area contributed by atoms with Crippen LogP contribution in [0.15, 0.2) is 17.2 Å². The van der Waals surface area contributed by atoms with Gasteiger partial charge in [-0.2, -0.15) is 0 Å². The van der Waals surface area contributed by atoms with Crippen molar-refractivity contribution in [3.63, 3.8) is 0 Å². The maximum atomic E-state index is 12.2. The van der Waals surface area contributed by atoms with Crippen LogP contribution in [0.5, 0.6) is 0 Å². The maximum Gasteiger partial charge on any atom is 0.293 e. The van der Waals surface area contributed by atoms with Gasteiger partial charge in [0, 0.05) is 37.0 Å². The molecule has 5 heteroatoms. The number of nitrogens with zero attached hydrogens (tertiary/aromatic N) is 2. The van der Waals surface area contributed by atoms with Gasteiger partial charge in [0.05, 0.1) is 0 Å². The van der Waals surface area contributed by atoms with Crippen molar-refractivity contribution in [1.29, 1.82) is 0 Å². The van der Waals surface area contributed by atoms with E-state index < -0.39 is 0 Å². The molecule has 0 spiro atoms. The molecule has 2 atom stereocenters. The van der Waals surface area contributed by atoms with E-state index in [4.69, 9.17) is 0 Å². The molecule has 2 unspecified atom stereocenters. The summed E-state index contributed by atoms with van der Waals surface area (Å²) in [5.41, 5.74) is -0.0245. The molecule has 0 radical (unpaired) electrons. The molecule has 18 heavy (non-hydrogen) atoms. The Morgan fingerprint density at radius 1 is 1.39 bits per heavy atom. The molecule has 2 aliphatic rings. The van der Waals surface area contributed by atoms with Gasteiger partial charge in [-0.15, -0.1) is 0 Å². The number of aliphatic hydroxyl groups is 1. The first kappa shape index (κ1) is 11.7. The number of aliphatic hydroxyl groups excluding tert-OH is 1. The normalized spacial score (nSPS) is 27.4. The third-order valence-electron chi connectivity index (χ3n) is 4.02. The molecule has 5 nitrogen and oxygen atoms in total. The summed E-state index contributed by atoms with van der Waals surface area (Å²) in [6, 6.07) is 0.559. The third kappa shape index (κ3) is 2.14. The van der Waals surface area contributed by atoms with E-state index in [1.165, 1.54) is 0 Å². The van der Waals surface area contributed by atoms with Crippen LogP contribution in [0.1, 0.15) is 38.1 Å². The fourth-order valence-electron chi connectivity index (χ4n) is 2.79. The lowest BCUT2D eigenvalue weighted by atomic mass is 10.1. The Labute approximate surface area is 106 Å². The summed E-state index contributed by atoms with van der Waals surface area (Å²) in [6.07, 6.45) is 8.77. The highest BCUT2D eigenvalue weighted by molar-refractivity contribution is 5.33. The number of nitrogens with one attached hydrogen (secondary N) is 1. The van der Waals surface area contributed by atoms with Crippen LogP contribution in [0.4, 0.5) is 5.82 Å². The smallest absolute Gasteiger partial charge is 0.293 e. The molecule has 0 saturated heterocycles. The molecular weight excluding hydrogens is 230 g/mol. The van der Waals surface area contributed by atoms with E-state index in [2.05, 4.69) is 10.3 Å². The predicted molar refractivity (Wildman–Crippen MR) is 68.6 cm³/mol. The average Bonchev–Trinajstić information content (AvgIpc) is 3.12. The summed E-state index contributed by atoms with van der Waals surface area (Å²) in [5.74, 6) is 0.690. The van der Waals surface area contributed by atoms with Crippen LogP contribution < -0.4 is 10.9 Å². The van der Waals surface area contributed by atoms with Gasteiger partial charge < -0.3 is 15.0 Å². The standard InChI is InChI=1S/C13H19N3O2/c17-8-9-2-1-3-11(9)15-12-13(18)16(7-6-14-12)10-4-5-10/h6-7,9-11,17H,1-5,8H2,(H,14,15). The van der Waals surface area contributed by atoms with Gasteiger partial charge in [-0.25, -0.2) is 4.98 Å². The summed E-state index contributed by atoms with van der Waals surface area (Å²) in [5, 5.41) is 12.5. The summed E-state index contributed by atoms with van der Waals surface area (Å²) in [7, 11) is 0. The molecule has 98 valence electrons. The molecule has 0 amide bonds. The van der Waals surface area contributed by atoms with Crippen LogP contribution >= 0.6 is 0 Å². The molecule has 1 aromatic heterocycles. The SMILES string of the molecule is O=c1c(NC2CCCC2CO)nccn1C1CC1. The molecule has 2 aliphatic carbocycles. The summed E-state index contributed by atoms with van der Waals surface area (Å²) in [6.45, 7) is 0.182. The first-order chi connectivity index (χ1) is 8.79. The van der Waals surface area contributed by atoms with Gasteiger partial charge in [0.1, 0.15) is 0 Å². The second kappa shape index (κ2) is 4.72. The van der Waals surface area contributed by atoms with Crippen molar-refractivity contribution in [3.05, 3.63) is 22.7 Å². The Kier molecular flexibility index (Phi) is 3.07. The monoisotopic (exact) mass is 249 g/mol. The minimum Gasteiger partial charge on any atom is -0.396 e. The van der Waals surface area contributed by atoms with Crippen LogP contribution in [0.25, 0.3) is 0 Å². The Morgan fingerprint density at radius 2 is 2.22 bits per heavy atom. The third-order valence-corrected chi connectivity index (χ3v) is 4.02. The van der Waals surface area contributed by atoms with Gasteiger partial charge in [0.25, 0.3) is 5.56 Å². The average molecular weight is 249 g/mol. The van der Waals surface area contributed by atoms with Gasteiger partial charge in [0.2, 0.25) is 0 Å². The van der Waals surface area contributed by atoms with Crippen molar-refractivity contribution >= 4 is 5.82 Å². The minimum atomic E-state index is -0.0245. The minimum absolute atomic E-state index is 0.0245. The van der Waals surface area contributed by atoms with Crippen LogP contribution in [-0.4, -0.2) is 27.3 Å². The van der Waals surface area contributed by atoms with Crippen molar-refractivity contribution in [1.82, 2.24) is 9.55 Å². The van der Waals surface area contributed by atoms with Crippen LogP contribution in [0.2, 0.25) is 0 Å². The van der Waals surface area contributed by atoms with E-state index in [1.54, 1.807) is 17.0 Å². The van der Waals surface area contributed by atoms with E-state index in [1.807, 2.05) is 0 Å². The molecule has 1 aromatic rings. The topological polar surface area (TPSA) is 67.2 Å². The van der Waals surface area contributed by atoms with E-state index in [0.29, 0.717) is 11.9 Å². The first-order valence-corrected chi connectivity index (χ1v) is 6.74. The lowest BCUT2D eigenvalue weighted by Gasteiger charge is -2.19.